The van der Waals surface area contributed by atoms with Gasteiger partial charge in [0.25, 0.3) is 0 Å². The monoisotopic (exact) mass is 249 g/mol. The maximum absolute atomic E-state index is 12.5. The third kappa shape index (κ3) is 3.31. The number of nitriles is 1. The predicted octanol–water partition coefficient (Wildman–Crippen LogP) is 3.22. The lowest BCUT2D eigenvalue weighted by atomic mass is 10.2. The number of alkyl halides is 4. The van der Waals surface area contributed by atoms with E-state index in [2.05, 4.69) is 0 Å². The van der Waals surface area contributed by atoms with Crippen molar-refractivity contribution in [3.8, 4) is 11.8 Å². The van der Waals surface area contributed by atoms with Crippen LogP contribution in [0, 0.1) is 11.3 Å². The van der Waals surface area contributed by atoms with Crippen LogP contribution in [0.5, 0.6) is 5.75 Å². The molecule has 0 bridgehead atoms. The van der Waals surface area contributed by atoms with E-state index in [1.165, 1.54) is 18.2 Å². The Bertz CT molecular complexity index is 400. The highest BCUT2D eigenvalue weighted by molar-refractivity contribution is 6.22. The molecule has 2 nitrogen and oxygen atoms in total. The van der Waals surface area contributed by atoms with Gasteiger partial charge in [-0.05, 0) is 12.1 Å². The van der Waals surface area contributed by atoms with Crippen molar-refractivity contribution in [2.24, 2.45) is 0 Å². The highest BCUT2D eigenvalue weighted by atomic mass is 35.5. The van der Waals surface area contributed by atoms with Crippen LogP contribution in [0.4, 0.5) is 13.2 Å². The van der Waals surface area contributed by atoms with E-state index in [-0.39, 0.29) is 12.4 Å². The minimum Gasteiger partial charge on any atom is -0.490 e. The van der Waals surface area contributed by atoms with Gasteiger partial charge in [-0.3, -0.25) is 0 Å². The van der Waals surface area contributed by atoms with Gasteiger partial charge in [0.2, 0.25) is 0 Å². The molecule has 1 atom stereocenters. The first-order chi connectivity index (χ1) is 7.45. The van der Waals surface area contributed by atoms with Crippen molar-refractivity contribution in [1.82, 2.24) is 0 Å². The molecule has 1 unspecified atom stereocenters. The van der Waals surface area contributed by atoms with Crippen LogP contribution in [0.15, 0.2) is 24.3 Å². The summed E-state index contributed by atoms with van der Waals surface area (Å²) >= 11 is 5.41. The van der Waals surface area contributed by atoms with Gasteiger partial charge in [0.15, 0.2) is 5.38 Å². The molecule has 0 amide bonds. The van der Waals surface area contributed by atoms with Gasteiger partial charge in [0, 0.05) is 0 Å². The molecule has 1 aromatic carbocycles. The second kappa shape index (κ2) is 5.08. The Kier molecular flexibility index (Phi) is 4.02. The van der Waals surface area contributed by atoms with E-state index in [1.807, 2.05) is 0 Å². The minimum atomic E-state index is -4.48. The second-order valence-corrected chi connectivity index (χ2v) is 3.43. The molecule has 0 spiro atoms. The first kappa shape index (κ1) is 12.7. The molecule has 86 valence electrons. The molecule has 1 rings (SSSR count). The van der Waals surface area contributed by atoms with Crippen LogP contribution in [0.3, 0.4) is 0 Å². The van der Waals surface area contributed by atoms with Crippen molar-refractivity contribution < 1.29 is 17.9 Å². The third-order valence-corrected chi connectivity index (χ3v) is 1.94. The van der Waals surface area contributed by atoms with Crippen LogP contribution in [-0.4, -0.2) is 12.0 Å². The number of hydrogen-bond donors (Lipinski definition) is 0. The molecular formula is C10H7ClF3NO. The maximum atomic E-state index is 12.5. The Morgan fingerprint density at radius 3 is 2.56 bits per heavy atom. The lowest BCUT2D eigenvalue weighted by Crippen LogP contribution is -2.13. The molecule has 6 heteroatoms. The molecule has 0 saturated carbocycles. The lowest BCUT2D eigenvalue weighted by molar-refractivity contribution is -0.138. The maximum Gasteiger partial charge on any atom is 0.419 e. The summed E-state index contributed by atoms with van der Waals surface area (Å²) in [4.78, 5) is 0. The molecule has 0 aliphatic rings. The summed E-state index contributed by atoms with van der Waals surface area (Å²) in [6.07, 6.45) is -4.48. The number of para-hydroxylation sites is 1. The summed E-state index contributed by atoms with van der Waals surface area (Å²) in [5, 5.41) is 7.39. The Morgan fingerprint density at radius 2 is 2.00 bits per heavy atom. The van der Waals surface area contributed by atoms with Crippen LogP contribution in [0.2, 0.25) is 0 Å². The predicted molar refractivity (Wildman–Crippen MR) is 52.2 cm³/mol. The fourth-order valence-electron chi connectivity index (χ4n) is 1.03. The van der Waals surface area contributed by atoms with Crippen LogP contribution >= 0.6 is 11.6 Å². The van der Waals surface area contributed by atoms with Gasteiger partial charge >= 0.3 is 6.18 Å². The fourth-order valence-corrected chi connectivity index (χ4v) is 1.09. The molecule has 0 aliphatic carbocycles. The molecule has 16 heavy (non-hydrogen) atoms. The first-order valence-electron chi connectivity index (χ1n) is 4.28. The van der Waals surface area contributed by atoms with Crippen molar-refractivity contribution in [3.05, 3.63) is 29.8 Å². The third-order valence-electron chi connectivity index (χ3n) is 1.72. The van der Waals surface area contributed by atoms with Crippen LogP contribution in [0.1, 0.15) is 5.56 Å². The lowest BCUT2D eigenvalue weighted by Gasteiger charge is -2.13. The van der Waals surface area contributed by atoms with Crippen LogP contribution in [0.25, 0.3) is 0 Å². The normalized spacial score (nSPS) is 12.9. The highest BCUT2D eigenvalue weighted by Crippen LogP contribution is 2.35. The van der Waals surface area contributed by atoms with E-state index in [0.29, 0.717) is 0 Å². The van der Waals surface area contributed by atoms with Crippen LogP contribution in [-0.2, 0) is 6.18 Å². The number of benzene rings is 1. The largest absolute Gasteiger partial charge is 0.490 e. The topological polar surface area (TPSA) is 33.0 Å². The van der Waals surface area contributed by atoms with Crippen molar-refractivity contribution in [3.63, 3.8) is 0 Å². The van der Waals surface area contributed by atoms with E-state index in [1.54, 1.807) is 6.07 Å². The fraction of sp³-hybridized carbons (Fsp3) is 0.300. The molecular weight excluding hydrogens is 243 g/mol. The highest BCUT2D eigenvalue weighted by Gasteiger charge is 2.34. The standard InChI is InChI=1S/C10H7ClF3NO/c11-7(5-15)6-16-9-4-2-1-3-8(9)10(12,13)14/h1-4,7H,6H2. The van der Waals surface area contributed by atoms with Gasteiger partial charge in [-0.2, -0.15) is 18.4 Å². The molecule has 0 heterocycles. The van der Waals surface area contributed by atoms with Gasteiger partial charge in [-0.15, -0.1) is 11.6 Å². The van der Waals surface area contributed by atoms with E-state index < -0.39 is 17.1 Å². The van der Waals surface area contributed by atoms with E-state index in [4.69, 9.17) is 21.6 Å². The zero-order chi connectivity index (χ0) is 12.2. The van der Waals surface area contributed by atoms with E-state index in [9.17, 15) is 13.2 Å². The van der Waals surface area contributed by atoms with Gasteiger partial charge < -0.3 is 4.74 Å². The number of hydrogen-bond acceptors (Lipinski definition) is 2. The second-order valence-electron chi connectivity index (χ2n) is 2.90. The average Bonchev–Trinajstić information content (AvgIpc) is 2.25. The van der Waals surface area contributed by atoms with Crippen molar-refractivity contribution >= 4 is 11.6 Å². The van der Waals surface area contributed by atoms with Crippen LogP contribution < -0.4 is 4.74 Å². The zero-order valence-electron chi connectivity index (χ0n) is 7.96. The minimum absolute atomic E-state index is 0.287. The molecule has 1 aromatic rings. The van der Waals surface area contributed by atoms with E-state index >= 15 is 0 Å². The van der Waals surface area contributed by atoms with Gasteiger partial charge in [0.05, 0.1) is 11.6 Å². The summed E-state index contributed by atoms with van der Waals surface area (Å²) in [5.41, 5.74) is -0.878. The molecule has 0 aliphatic heterocycles. The average molecular weight is 250 g/mol. The molecule has 0 aromatic heterocycles. The SMILES string of the molecule is N#CC(Cl)COc1ccccc1C(F)(F)F. The number of ether oxygens (including phenoxy) is 1. The number of rotatable bonds is 3. The Morgan fingerprint density at radius 1 is 1.38 bits per heavy atom. The quantitative estimate of drug-likeness (QED) is 0.771. The van der Waals surface area contributed by atoms with Gasteiger partial charge in [0.1, 0.15) is 12.4 Å². The van der Waals surface area contributed by atoms with E-state index in [0.717, 1.165) is 6.07 Å². The summed E-state index contributed by atoms with van der Waals surface area (Å²) < 4.78 is 42.3. The Balaban J connectivity index is 2.85. The van der Waals surface area contributed by atoms with Crippen molar-refractivity contribution in [2.45, 2.75) is 11.6 Å². The number of halogens is 4. The smallest absolute Gasteiger partial charge is 0.419 e. The summed E-state index contributed by atoms with van der Waals surface area (Å²) in [6.45, 7) is -0.287. The summed E-state index contributed by atoms with van der Waals surface area (Å²) in [7, 11) is 0. The Labute approximate surface area is 95.2 Å². The summed E-state index contributed by atoms with van der Waals surface area (Å²) in [5.74, 6) is -0.323. The van der Waals surface area contributed by atoms with Gasteiger partial charge in [-0.25, -0.2) is 0 Å². The Hall–Kier alpha value is -1.41. The number of nitrogens with zero attached hydrogens (tertiary/aromatic N) is 1. The van der Waals surface area contributed by atoms with Crippen molar-refractivity contribution in [2.75, 3.05) is 6.61 Å². The molecule has 0 N–H and O–H groups in total. The van der Waals surface area contributed by atoms with Gasteiger partial charge in [-0.1, -0.05) is 12.1 Å². The zero-order valence-corrected chi connectivity index (χ0v) is 8.72. The van der Waals surface area contributed by atoms with Crippen molar-refractivity contribution in [1.29, 1.82) is 5.26 Å². The summed E-state index contributed by atoms with van der Waals surface area (Å²) in [6, 6.07) is 6.42. The first-order valence-corrected chi connectivity index (χ1v) is 4.71. The molecule has 0 fully saturated rings. The molecule has 0 radical (unpaired) electrons. The molecule has 0 saturated heterocycles.